The van der Waals surface area contributed by atoms with Crippen LogP contribution in [0.4, 0.5) is 0 Å². The Morgan fingerprint density at radius 2 is 1.59 bits per heavy atom. The van der Waals surface area contributed by atoms with Gasteiger partial charge >= 0.3 is 5.97 Å². The zero-order valence-electron chi connectivity index (χ0n) is 38.2. The SMILES string of the molecule is CC=C(C)C(=O)OC1C(C)OC(OC2C(C)OC(OC3CCC4(C)C(=C(C=O)C5C4CCC4(C)C(C(C)OC6OC(CO)C(O)C(O)C6O)CCC54O)C3)CC2OC)C(O)C1OC. The number of aliphatic hydroxyl groups is 6. The van der Waals surface area contributed by atoms with Crippen LogP contribution in [0.1, 0.15) is 99.8 Å². The first-order chi connectivity index (χ1) is 29.8. The van der Waals surface area contributed by atoms with E-state index in [1.807, 2.05) is 13.8 Å². The van der Waals surface area contributed by atoms with Crippen molar-refractivity contribution in [1.29, 1.82) is 0 Å². The third-order valence-corrected chi connectivity index (χ3v) is 16.6. The predicted molar refractivity (Wildman–Crippen MR) is 221 cm³/mol. The molecule has 0 radical (unpaired) electrons. The van der Waals surface area contributed by atoms with Crippen LogP contribution in [-0.4, -0.2) is 168 Å². The highest BCUT2D eigenvalue weighted by Crippen LogP contribution is 2.71. The van der Waals surface area contributed by atoms with Gasteiger partial charge in [0.1, 0.15) is 49.0 Å². The van der Waals surface area contributed by atoms with Gasteiger partial charge in [0.05, 0.1) is 42.7 Å². The van der Waals surface area contributed by atoms with Gasteiger partial charge < -0.3 is 73.3 Å². The fourth-order valence-electron chi connectivity index (χ4n) is 12.8. The minimum absolute atomic E-state index is 0.0475. The molecule has 3 heterocycles. The largest absolute Gasteiger partial charge is 0.453 e. The summed E-state index contributed by atoms with van der Waals surface area (Å²) in [6.07, 6.45) is -7.58. The molecular formula is C46H72O17. The van der Waals surface area contributed by atoms with E-state index in [0.717, 1.165) is 31.1 Å². The summed E-state index contributed by atoms with van der Waals surface area (Å²) in [6.45, 7) is 12.5. The van der Waals surface area contributed by atoms with E-state index < -0.39 is 122 Å². The van der Waals surface area contributed by atoms with Gasteiger partial charge in [0.15, 0.2) is 25.0 Å². The van der Waals surface area contributed by atoms with Crippen molar-refractivity contribution in [3.8, 4) is 0 Å². The molecule has 0 amide bonds. The Morgan fingerprint density at radius 3 is 2.24 bits per heavy atom. The highest BCUT2D eigenvalue weighted by Gasteiger charge is 2.70. The predicted octanol–water partition coefficient (Wildman–Crippen LogP) is 1.98. The molecule has 6 fully saturated rings. The van der Waals surface area contributed by atoms with E-state index in [1.54, 1.807) is 34.0 Å². The standard InChI is InChI=1S/C46H72O17/c1-10-21(2)41(53)62-39-24(5)59-43(37(52)40(39)56-9)63-38-23(4)57-32(18-30(38)55-8)60-25-11-14-44(6)28-12-15-45(7)27(13-16-46(45,54)33(28)26(19-47)29(44)17-25)22(3)58-42-36(51)35(50)34(49)31(20-48)61-42/h10,19,22-25,27-28,30-40,42-43,48-52,54H,11-18,20H2,1-9H3. The van der Waals surface area contributed by atoms with Gasteiger partial charge in [-0.05, 0) is 102 Å². The molecule has 17 nitrogen and oxygen atoms in total. The Bertz CT molecular complexity index is 1710. The van der Waals surface area contributed by atoms with Crippen LogP contribution >= 0.6 is 0 Å². The van der Waals surface area contributed by atoms with Crippen molar-refractivity contribution in [3.05, 3.63) is 22.8 Å². The van der Waals surface area contributed by atoms with Crippen LogP contribution in [0.25, 0.3) is 0 Å². The summed E-state index contributed by atoms with van der Waals surface area (Å²) >= 11 is 0. The lowest BCUT2D eigenvalue weighted by Gasteiger charge is -2.56. The number of hydrogen-bond acceptors (Lipinski definition) is 17. The van der Waals surface area contributed by atoms with E-state index in [-0.39, 0.29) is 23.4 Å². The number of rotatable bonds is 13. The van der Waals surface area contributed by atoms with Gasteiger partial charge in [-0.1, -0.05) is 25.5 Å². The van der Waals surface area contributed by atoms with Crippen molar-refractivity contribution in [2.45, 2.75) is 204 Å². The van der Waals surface area contributed by atoms with Gasteiger partial charge in [0.25, 0.3) is 0 Å². The van der Waals surface area contributed by atoms with Gasteiger partial charge in [-0.15, -0.1) is 0 Å². The average Bonchev–Trinajstić information content (AvgIpc) is 3.69. The summed E-state index contributed by atoms with van der Waals surface area (Å²) in [7, 11) is 3.01. The van der Waals surface area contributed by atoms with Crippen LogP contribution in [0.2, 0.25) is 0 Å². The van der Waals surface area contributed by atoms with E-state index in [2.05, 4.69) is 13.8 Å². The van der Waals surface area contributed by atoms with Crippen molar-refractivity contribution >= 4 is 12.3 Å². The Hall–Kier alpha value is -1.94. The molecule has 22 unspecified atom stereocenters. The third-order valence-electron chi connectivity index (χ3n) is 16.6. The van der Waals surface area contributed by atoms with Crippen molar-refractivity contribution in [2.75, 3.05) is 20.8 Å². The summed E-state index contributed by atoms with van der Waals surface area (Å²) in [5.41, 5.74) is -0.0926. The smallest absolute Gasteiger partial charge is 0.333 e. The van der Waals surface area contributed by atoms with Crippen molar-refractivity contribution in [3.63, 3.8) is 0 Å². The van der Waals surface area contributed by atoms with Gasteiger partial charge in [0.2, 0.25) is 0 Å². The maximum absolute atomic E-state index is 13.3. The summed E-state index contributed by atoms with van der Waals surface area (Å²) in [4.78, 5) is 25.9. The van der Waals surface area contributed by atoms with Crippen molar-refractivity contribution < 1.29 is 82.9 Å². The molecule has 7 aliphatic rings. The van der Waals surface area contributed by atoms with E-state index >= 15 is 0 Å². The normalized spacial score (nSPS) is 49.5. The molecule has 6 N–H and O–H groups in total. The second kappa shape index (κ2) is 19.0. The molecule has 0 aromatic heterocycles. The number of aldehydes is 1. The zero-order chi connectivity index (χ0) is 45.9. The van der Waals surface area contributed by atoms with E-state index in [0.29, 0.717) is 43.3 Å². The fraction of sp³-hybridized carbons (Fsp3) is 0.870. The Kier molecular flexibility index (Phi) is 14.8. The molecule has 0 aromatic rings. The number of carbonyl (C=O) groups excluding carboxylic acids is 2. The lowest BCUT2D eigenvalue weighted by molar-refractivity contribution is -0.343. The summed E-state index contributed by atoms with van der Waals surface area (Å²) in [5, 5.41) is 65.4. The first-order valence-electron chi connectivity index (χ1n) is 22.9. The van der Waals surface area contributed by atoms with E-state index in [9.17, 15) is 40.2 Å². The van der Waals surface area contributed by atoms with E-state index in [4.69, 9.17) is 42.6 Å². The molecule has 3 saturated heterocycles. The topological polar surface area (TPSA) is 239 Å². The summed E-state index contributed by atoms with van der Waals surface area (Å²) in [6, 6.07) is 0. The molecule has 0 bridgehead atoms. The summed E-state index contributed by atoms with van der Waals surface area (Å²) < 4.78 is 54.7. The molecule has 7 rings (SSSR count). The number of ether oxygens (including phenoxy) is 9. The lowest BCUT2D eigenvalue weighted by atomic mass is 9.51. The second-order valence-electron chi connectivity index (χ2n) is 19.7. The molecule has 17 heteroatoms. The molecule has 358 valence electrons. The monoisotopic (exact) mass is 896 g/mol. The number of hydrogen-bond donors (Lipinski definition) is 6. The number of aliphatic hydroxyl groups excluding tert-OH is 5. The first-order valence-corrected chi connectivity index (χ1v) is 22.9. The number of methoxy groups -OCH3 is 2. The Balaban J connectivity index is 1.01. The maximum Gasteiger partial charge on any atom is 0.333 e. The average molecular weight is 897 g/mol. The lowest BCUT2D eigenvalue weighted by Crippen LogP contribution is -2.62. The van der Waals surface area contributed by atoms with Gasteiger partial charge in [-0.25, -0.2) is 4.79 Å². The van der Waals surface area contributed by atoms with Crippen LogP contribution in [0.15, 0.2) is 22.8 Å². The molecule has 3 saturated carbocycles. The quantitative estimate of drug-likeness (QED) is 0.0881. The van der Waals surface area contributed by atoms with Crippen LogP contribution in [0.5, 0.6) is 0 Å². The fourth-order valence-corrected chi connectivity index (χ4v) is 12.8. The molecule has 22 atom stereocenters. The number of carbonyl (C=O) groups is 2. The molecule has 4 aliphatic carbocycles. The molecule has 0 spiro atoms. The van der Waals surface area contributed by atoms with E-state index in [1.165, 1.54) is 7.11 Å². The molecule has 63 heavy (non-hydrogen) atoms. The Morgan fingerprint density at radius 1 is 0.873 bits per heavy atom. The molecule has 3 aliphatic heterocycles. The van der Waals surface area contributed by atoms with Gasteiger partial charge in [0, 0.05) is 37.5 Å². The van der Waals surface area contributed by atoms with Crippen LogP contribution in [0, 0.1) is 28.6 Å². The first kappa shape index (κ1) is 49.0. The second-order valence-corrected chi connectivity index (χ2v) is 19.7. The van der Waals surface area contributed by atoms with Crippen LogP contribution in [0.3, 0.4) is 0 Å². The Labute approximate surface area is 370 Å². The minimum Gasteiger partial charge on any atom is -0.453 e. The number of esters is 1. The zero-order valence-corrected chi connectivity index (χ0v) is 38.2. The van der Waals surface area contributed by atoms with Crippen molar-refractivity contribution in [2.24, 2.45) is 28.6 Å². The number of fused-ring (bicyclic) bond motifs is 5. The van der Waals surface area contributed by atoms with Gasteiger partial charge in [-0.3, -0.25) is 4.79 Å². The highest BCUT2D eigenvalue weighted by molar-refractivity contribution is 5.87. The maximum atomic E-state index is 13.3. The molecular weight excluding hydrogens is 824 g/mol. The summed E-state index contributed by atoms with van der Waals surface area (Å²) in [5.74, 6) is -1.06. The van der Waals surface area contributed by atoms with Crippen LogP contribution < -0.4 is 0 Å². The number of allylic oxidation sites excluding steroid dienone is 1. The minimum atomic E-state index is -1.56. The van der Waals surface area contributed by atoms with Crippen molar-refractivity contribution in [1.82, 2.24) is 0 Å². The van der Waals surface area contributed by atoms with Crippen LogP contribution in [-0.2, 0) is 52.2 Å². The molecule has 0 aromatic carbocycles. The third kappa shape index (κ3) is 8.42. The van der Waals surface area contributed by atoms with Gasteiger partial charge in [-0.2, -0.15) is 0 Å². The highest BCUT2D eigenvalue weighted by atomic mass is 16.7.